The molecule has 0 aliphatic rings. The summed E-state index contributed by atoms with van der Waals surface area (Å²) in [5.74, 6) is 0.752. The van der Waals surface area contributed by atoms with Crippen LogP contribution >= 0.6 is 35.0 Å². The maximum atomic E-state index is 12.6. The summed E-state index contributed by atoms with van der Waals surface area (Å²) in [6.45, 7) is 0. The Morgan fingerprint density at radius 3 is 2.29 bits per heavy atom. The van der Waals surface area contributed by atoms with Crippen LogP contribution in [0.3, 0.4) is 0 Å². The molecule has 0 saturated heterocycles. The predicted octanol–water partition coefficient (Wildman–Crippen LogP) is 5.53. The highest BCUT2D eigenvalue weighted by molar-refractivity contribution is 8.00. The minimum atomic E-state index is -3.85. The Morgan fingerprint density at radius 2 is 1.68 bits per heavy atom. The van der Waals surface area contributed by atoms with Gasteiger partial charge in [0, 0.05) is 15.6 Å². The monoisotopic (exact) mass is 496 g/mol. The van der Waals surface area contributed by atoms with Crippen molar-refractivity contribution in [2.45, 2.75) is 9.79 Å². The lowest BCUT2D eigenvalue weighted by molar-refractivity contribution is -0.113. The third-order valence-corrected chi connectivity index (χ3v) is 6.99. The van der Waals surface area contributed by atoms with Crippen molar-refractivity contribution in [3.8, 4) is 5.75 Å². The molecule has 0 aromatic heterocycles. The van der Waals surface area contributed by atoms with Crippen LogP contribution in [0.25, 0.3) is 0 Å². The van der Waals surface area contributed by atoms with Crippen molar-refractivity contribution >= 4 is 62.3 Å². The molecule has 31 heavy (non-hydrogen) atoms. The van der Waals surface area contributed by atoms with E-state index in [9.17, 15) is 13.2 Å². The molecular formula is C21H18Cl2N2O4S2. The van der Waals surface area contributed by atoms with E-state index in [0.717, 1.165) is 10.6 Å². The first-order chi connectivity index (χ1) is 14.8. The van der Waals surface area contributed by atoms with Crippen LogP contribution in [0.4, 0.5) is 11.4 Å². The number of rotatable bonds is 8. The molecule has 0 aliphatic heterocycles. The van der Waals surface area contributed by atoms with Crippen molar-refractivity contribution in [2.24, 2.45) is 0 Å². The van der Waals surface area contributed by atoms with E-state index in [1.807, 2.05) is 24.3 Å². The van der Waals surface area contributed by atoms with Gasteiger partial charge >= 0.3 is 0 Å². The van der Waals surface area contributed by atoms with Crippen LogP contribution in [0.5, 0.6) is 5.75 Å². The molecule has 0 unspecified atom stereocenters. The van der Waals surface area contributed by atoms with E-state index in [1.165, 1.54) is 54.2 Å². The molecule has 6 nitrogen and oxygen atoms in total. The average molecular weight is 497 g/mol. The minimum Gasteiger partial charge on any atom is -0.497 e. The number of benzene rings is 3. The van der Waals surface area contributed by atoms with Gasteiger partial charge in [-0.25, -0.2) is 8.42 Å². The molecular weight excluding hydrogens is 479 g/mol. The van der Waals surface area contributed by atoms with E-state index in [0.29, 0.717) is 10.7 Å². The van der Waals surface area contributed by atoms with Gasteiger partial charge < -0.3 is 10.1 Å². The zero-order valence-corrected chi connectivity index (χ0v) is 19.4. The third-order valence-electron chi connectivity index (χ3n) is 4.05. The van der Waals surface area contributed by atoms with Gasteiger partial charge in [-0.3, -0.25) is 9.52 Å². The Hall–Kier alpha value is -2.39. The van der Waals surface area contributed by atoms with Crippen molar-refractivity contribution in [1.82, 2.24) is 0 Å². The lowest BCUT2D eigenvalue weighted by Gasteiger charge is -2.11. The topological polar surface area (TPSA) is 84.5 Å². The van der Waals surface area contributed by atoms with Crippen molar-refractivity contribution in [1.29, 1.82) is 0 Å². The van der Waals surface area contributed by atoms with Gasteiger partial charge in [0.15, 0.2) is 0 Å². The molecule has 0 fully saturated rings. The van der Waals surface area contributed by atoms with E-state index in [4.69, 9.17) is 27.9 Å². The van der Waals surface area contributed by atoms with E-state index >= 15 is 0 Å². The van der Waals surface area contributed by atoms with E-state index < -0.39 is 10.0 Å². The van der Waals surface area contributed by atoms with Gasteiger partial charge in [0.1, 0.15) is 5.75 Å². The fourth-order valence-corrected chi connectivity index (χ4v) is 4.80. The number of amides is 1. The number of nitrogens with one attached hydrogen (secondary N) is 2. The molecule has 3 aromatic rings. The molecule has 0 bridgehead atoms. The number of halogens is 2. The molecule has 0 aliphatic carbocycles. The fourth-order valence-electron chi connectivity index (χ4n) is 2.51. The summed E-state index contributed by atoms with van der Waals surface area (Å²) in [5.41, 5.74) is 0.711. The first-order valence-electron chi connectivity index (χ1n) is 8.91. The number of hydrogen-bond acceptors (Lipinski definition) is 5. The summed E-state index contributed by atoms with van der Waals surface area (Å²) < 4.78 is 32.7. The Balaban J connectivity index is 1.59. The number of carbonyl (C=O) groups excluding carboxylic acids is 1. The van der Waals surface area contributed by atoms with Gasteiger partial charge in [-0.2, -0.15) is 0 Å². The molecule has 162 valence electrons. The van der Waals surface area contributed by atoms with Gasteiger partial charge in [0.25, 0.3) is 10.0 Å². The summed E-state index contributed by atoms with van der Waals surface area (Å²) in [5, 5.41) is 3.33. The van der Waals surface area contributed by atoms with Crippen LogP contribution in [0.15, 0.2) is 76.5 Å². The highest BCUT2D eigenvalue weighted by Gasteiger charge is 2.16. The van der Waals surface area contributed by atoms with Crippen molar-refractivity contribution < 1.29 is 17.9 Å². The number of methoxy groups -OCH3 is 1. The molecule has 0 heterocycles. The van der Waals surface area contributed by atoms with Crippen LogP contribution in [0.1, 0.15) is 0 Å². The summed E-state index contributed by atoms with van der Waals surface area (Å²) >= 11 is 13.2. The summed E-state index contributed by atoms with van der Waals surface area (Å²) in [4.78, 5) is 13.2. The maximum Gasteiger partial charge on any atom is 0.261 e. The smallest absolute Gasteiger partial charge is 0.261 e. The average Bonchev–Trinajstić information content (AvgIpc) is 2.75. The lowest BCUT2D eigenvalue weighted by atomic mass is 10.3. The molecule has 10 heteroatoms. The van der Waals surface area contributed by atoms with Crippen LogP contribution in [0.2, 0.25) is 10.0 Å². The normalized spacial score (nSPS) is 11.1. The second-order valence-corrected chi connectivity index (χ2v) is 9.84. The third kappa shape index (κ3) is 6.54. The van der Waals surface area contributed by atoms with Crippen molar-refractivity contribution in [3.63, 3.8) is 0 Å². The predicted molar refractivity (Wildman–Crippen MR) is 126 cm³/mol. The zero-order chi connectivity index (χ0) is 22.4. The highest BCUT2D eigenvalue weighted by atomic mass is 35.5. The number of thioether (sulfide) groups is 1. The Labute approximate surface area is 195 Å². The molecule has 1 amide bonds. The van der Waals surface area contributed by atoms with Crippen LogP contribution < -0.4 is 14.8 Å². The van der Waals surface area contributed by atoms with E-state index in [-0.39, 0.29) is 27.3 Å². The minimum absolute atomic E-state index is 0.0316. The van der Waals surface area contributed by atoms with Gasteiger partial charge in [-0.15, -0.1) is 11.8 Å². The number of ether oxygens (including phenoxy) is 1. The molecule has 3 rings (SSSR count). The quantitative estimate of drug-likeness (QED) is 0.400. The van der Waals surface area contributed by atoms with Gasteiger partial charge in [0.2, 0.25) is 5.91 Å². The standard InChI is InChI=1S/C21H18Cl2N2O4S2/c1-29-16-5-7-17(8-6-16)30-13-21(26)24-15-3-9-18(10-4-15)31(27,28)25-20-11-2-14(22)12-19(20)23/h2-12,25H,13H2,1H3,(H,24,26). The van der Waals surface area contributed by atoms with Gasteiger partial charge in [-0.1, -0.05) is 23.2 Å². The summed E-state index contributed by atoms with van der Waals surface area (Å²) in [6.07, 6.45) is 0. The Morgan fingerprint density at radius 1 is 1.00 bits per heavy atom. The summed E-state index contributed by atoms with van der Waals surface area (Å²) in [6, 6.07) is 17.7. The maximum absolute atomic E-state index is 12.6. The zero-order valence-electron chi connectivity index (χ0n) is 16.3. The van der Waals surface area contributed by atoms with Crippen LogP contribution in [0, 0.1) is 0 Å². The Kier molecular flexibility index (Phi) is 7.72. The van der Waals surface area contributed by atoms with E-state index in [2.05, 4.69) is 10.0 Å². The number of hydrogen-bond donors (Lipinski definition) is 2. The van der Waals surface area contributed by atoms with E-state index in [1.54, 1.807) is 7.11 Å². The number of carbonyl (C=O) groups is 1. The van der Waals surface area contributed by atoms with Crippen molar-refractivity contribution in [3.05, 3.63) is 76.8 Å². The molecule has 3 aromatic carbocycles. The van der Waals surface area contributed by atoms with Gasteiger partial charge in [-0.05, 0) is 66.7 Å². The second kappa shape index (κ2) is 10.3. The largest absolute Gasteiger partial charge is 0.497 e. The number of anilines is 2. The molecule has 0 spiro atoms. The number of sulfonamides is 1. The van der Waals surface area contributed by atoms with Gasteiger partial charge in [0.05, 0.1) is 28.5 Å². The SMILES string of the molecule is COc1ccc(SCC(=O)Nc2ccc(S(=O)(=O)Nc3ccc(Cl)cc3Cl)cc2)cc1. The molecule has 0 radical (unpaired) electrons. The molecule has 2 N–H and O–H groups in total. The Bertz CT molecular complexity index is 1170. The highest BCUT2D eigenvalue weighted by Crippen LogP contribution is 2.28. The van der Waals surface area contributed by atoms with Crippen LogP contribution in [-0.4, -0.2) is 27.2 Å². The fraction of sp³-hybridized carbons (Fsp3) is 0.0952. The molecule has 0 saturated carbocycles. The second-order valence-electron chi connectivity index (χ2n) is 6.27. The van der Waals surface area contributed by atoms with Crippen molar-refractivity contribution in [2.75, 3.05) is 22.9 Å². The first-order valence-corrected chi connectivity index (χ1v) is 12.1. The summed E-state index contributed by atoms with van der Waals surface area (Å²) in [7, 11) is -2.26. The lowest BCUT2D eigenvalue weighted by Crippen LogP contribution is -2.15. The molecule has 0 atom stereocenters. The van der Waals surface area contributed by atoms with Crippen LogP contribution in [-0.2, 0) is 14.8 Å². The first kappa shape index (κ1) is 23.3.